The zero-order chi connectivity index (χ0) is 38.2. The lowest BCUT2D eigenvalue weighted by molar-refractivity contribution is -0.325. The molecule has 7 aliphatic rings. The summed E-state index contributed by atoms with van der Waals surface area (Å²) in [5, 5.41) is 1.83. The SMILES string of the molecule is CC(=O)OC[C@H]1O[C@H](O[C@H]2CC[C@@]3(C)[C@H](CC[C@@H]4[C@@H]3CC[C@]3(C)[C@@H]5CC[C@]43O[C@H]3OC(=O)C[C@H]35)C2)[C@H](OC(C)=O)[C@@H](NC(=O)C(F)(F)F)[C@@H]1OC(C)=O. The monoisotopic (exact) mass is 757 g/mol. The highest BCUT2D eigenvalue weighted by atomic mass is 19.4. The van der Waals surface area contributed by atoms with Crippen LogP contribution in [0.3, 0.4) is 0 Å². The molecule has 53 heavy (non-hydrogen) atoms. The molecule has 3 heterocycles. The van der Waals surface area contributed by atoms with E-state index in [1.165, 1.54) is 0 Å². The van der Waals surface area contributed by atoms with Gasteiger partial charge in [0.2, 0.25) is 6.29 Å². The van der Waals surface area contributed by atoms with Crippen molar-refractivity contribution in [2.45, 2.75) is 154 Å². The van der Waals surface area contributed by atoms with Crippen molar-refractivity contribution in [3.05, 3.63) is 0 Å². The summed E-state index contributed by atoms with van der Waals surface area (Å²) in [6, 6.07) is -1.76. The van der Waals surface area contributed by atoms with Gasteiger partial charge in [0.15, 0.2) is 18.5 Å². The molecule has 0 spiro atoms. The maximum Gasteiger partial charge on any atom is 0.471 e. The van der Waals surface area contributed by atoms with E-state index in [1.807, 2.05) is 5.32 Å². The fraction of sp³-hybridized carbons (Fsp3) is 0.865. The van der Waals surface area contributed by atoms with E-state index in [1.54, 1.807) is 0 Å². The Bertz CT molecular complexity index is 1510. The van der Waals surface area contributed by atoms with E-state index >= 15 is 0 Å². The zero-order valence-corrected chi connectivity index (χ0v) is 30.7. The van der Waals surface area contributed by atoms with Gasteiger partial charge in [0.05, 0.1) is 18.1 Å². The van der Waals surface area contributed by atoms with Crippen LogP contribution in [0.5, 0.6) is 0 Å². The van der Waals surface area contributed by atoms with Crippen LogP contribution in [0, 0.1) is 40.4 Å². The minimum absolute atomic E-state index is 0.0262. The Balaban J connectivity index is 1.11. The number of alkyl halides is 3. The number of hydrogen-bond acceptors (Lipinski definition) is 12. The van der Waals surface area contributed by atoms with E-state index in [9.17, 15) is 37.1 Å². The zero-order valence-electron chi connectivity index (χ0n) is 30.7. The first-order chi connectivity index (χ1) is 24.9. The van der Waals surface area contributed by atoms with Crippen molar-refractivity contribution in [2.75, 3.05) is 6.61 Å². The van der Waals surface area contributed by atoms with Crippen molar-refractivity contribution < 1.29 is 70.3 Å². The molecule has 1 amide bonds. The molecule has 3 aliphatic heterocycles. The second kappa shape index (κ2) is 13.6. The predicted octanol–water partition coefficient (Wildman–Crippen LogP) is 4.27. The molecule has 296 valence electrons. The maximum absolute atomic E-state index is 13.6. The van der Waals surface area contributed by atoms with Gasteiger partial charge in [0.1, 0.15) is 18.8 Å². The number of hydrogen-bond donors (Lipinski definition) is 1. The molecule has 3 saturated heterocycles. The molecule has 0 aromatic rings. The third-order valence-electron chi connectivity index (χ3n) is 14.3. The smallest absolute Gasteiger partial charge is 0.463 e. The third-order valence-corrected chi connectivity index (χ3v) is 14.3. The first-order valence-electron chi connectivity index (χ1n) is 18.9. The molecule has 0 aromatic heterocycles. The van der Waals surface area contributed by atoms with Crippen LogP contribution in [-0.2, 0) is 57.1 Å². The number of carbonyl (C=O) groups excluding carboxylic acids is 5. The topological polar surface area (TPSA) is 162 Å². The van der Waals surface area contributed by atoms with E-state index in [-0.39, 0.29) is 34.2 Å². The number of rotatable bonds is 7. The Morgan fingerprint density at radius 3 is 2.25 bits per heavy atom. The van der Waals surface area contributed by atoms with Crippen LogP contribution in [0.2, 0.25) is 0 Å². The molecule has 0 unspecified atom stereocenters. The number of amides is 1. The number of nitrogens with one attached hydrogen (secondary N) is 1. The minimum Gasteiger partial charge on any atom is -0.463 e. The summed E-state index contributed by atoms with van der Waals surface area (Å²) in [6.07, 6.45) is -4.18. The van der Waals surface area contributed by atoms with Crippen LogP contribution < -0.4 is 5.32 Å². The highest BCUT2D eigenvalue weighted by molar-refractivity contribution is 5.82. The molecule has 4 aliphatic carbocycles. The third kappa shape index (κ3) is 6.51. The molecule has 1 N–H and O–H groups in total. The highest BCUT2D eigenvalue weighted by Gasteiger charge is 2.74. The largest absolute Gasteiger partial charge is 0.471 e. The number of carbonyl (C=O) groups is 5. The van der Waals surface area contributed by atoms with Gasteiger partial charge in [-0.1, -0.05) is 13.8 Å². The number of fused-ring (bicyclic) bond motifs is 5. The van der Waals surface area contributed by atoms with E-state index < -0.39 is 79.6 Å². The molecule has 13 nitrogen and oxygen atoms in total. The Kier molecular flexibility index (Phi) is 9.86. The first-order valence-corrected chi connectivity index (χ1v) is 18.9. The summed E-state index contributed by atoms with van der Waals surface area (Å²) in [5.41, 5.74) is -0.443. The van der Waals surface area contributed by atoms with Crippen LogP contribution >= 0.6 is 0 Å². The summed E-state index contributed by atoms with van der Waals surface area (Å²) in [6.45, 7) is 7.35. The molecule has 7 fully saturated rings. The molecule has 15 atom stereocenters. The molecule has 0 aromatic carbocycles. The lowest BCUT2D eigenvalue weighted by Crippen LogP contribution is -2.68. The van der Waals surface area contributed by atoms with Crippen molar-refractivity contribution in [1.82, 2.24) is 5.32 Å². The predicted molar refractivity (Wildman–Crippen MR) is 173 cm³/mol. The van der Waals surface area contributed by atoms with Crippen LogP contribution in [0.4, 0.5) is 13.2 Å². The molecule has 16 heteroatoms. The summed E-state index contributed by atoms with van der Waals surface area (Å²) >= 11 is 0. The average molecular weight is 758 g/mol. The van der Waals surface area contributed by atoms with Gasteiger partial charge in [-0.2, -0.15) is 13.2 Å². The van der Waals surface area contributed by atoms with Gasteiger partial charge in [-0.15, -0.1) is 0 Å². The van der Waals surface area contributed by atoms with E-state index in [0.29, 0.717) is 37.0 Å². The van der Waals surface area contributed by atoms with Crippen LogP contribution in [0.15, 0.2) is 0 Å². The average Bonchev–Trinajstić information content (AvgIpc) is 3.52. The number of ether oxygens (including phenoxy) is 7. The second-order valence-corrected chi connectivity index (χ2v) is 16.9. The van der Waals surface area contributed by atoms with Gasteiger partial charge in [-0.3, -0.25) is 24.0 Å². The molecule has 2 bridgehead atoms. The minimum atomic E-state index is -5.32. The summed E-state index contributed by atoms with van der Waals surface area (Å²) in [5.74, 6) is -3.69. The lowest BCUT2D eigenvalue weighted by atomic mass is 9.42. The van der Waals surface area contributed by atoms with Crippen molar-refractivity contribution in [1.29, 1.82) is 0 Å². The van der Waals surface area contributed by atoms with Gasteiger partial charge in [-0.25, -0.2) is 0 Å². The van der Waals surface area contributed by atoms with Crippen molar-refractivity contribution in [2.24, 2.45) is 40.4 Å². The first kappa shape index (κ1) is 38.3. The Hall–Kier alpha value is -2.98. The van der Waals surface area contributed by atoms with Crippen molar-refractivity contribution in [3.63, 3.8) is 0 Å². The van der Waals surface area contributed by atoms with Gasteiger partial charge >= 0.3 is 36.0 Å². The highest BCUT2D eigenvalue weighted by Crippen LogP contribution is 2.74. The quantitative estimate of drug-likeness (QED) is 0.224. The van der Waals surface area contributed by atoms with E-state index in [0.717, 1.165) is 65.7 Å². The van der Waals surface area contributed by atoms with Gasteiger partial charge in [0.25, 0.3) is 0 Å². The Morgan fingerprint density at radius 2 is 1.57 bits per heavy atom. The molecular weight excluding hydrogens is 707 g/mol. The Labute approximate surface area is 305 Å². The van der Waals surface area contributed by atoms with Crippen molar-refractivity contribution >= 4 is 29.8 Å². The Morgan fingerprint density at radius 1 is 0.868 bits per heavy atom. The van der Waals surface area contributed by atoms with Crippen LogP contribution in [0.1, 0.15) is 98.8 Å². The second-order valence-electron chi connectivity index (χ2n) is 16.9. The molecule has 4 saturated carbocycles. The lowest BCUT2D eigenvalue weighted by Gasteiger charge is -2.67. The summed E-state index contributed by atoms with van der Waals surface area (Å²) in [4.78, 5) is 60.8. The van der Waals surface area contributed by atoms with Crippen LogP contribution in [0.25, 0.3) is 0 Å². The van der Waals surface area contributed by atoms with Crippen molar-refractivity contribution in [3.8, 4) is 0 Å². The van der Waals surface area contributed by atoms with Gasteiger partial charge in [0, 0.05) is 32.1 Å². The normalized spacial score (nSPS) is 45.7. The fourth-order valence-corrected chi connectivity index (χ4v) is 12.1. The molecule has 0 radical (unpaired) electrons. The van der Waals surface area contributed by atoms with E-state index in [4.69, 9.17) is 33.2 Å². The summed E-state index contributed by atoms with van der Waals surface area (Å²) < 4.78 is 81.9. The van der Waals surface area contributed by atoms with Gasteiger partial charge in [-0.05, 0) is 86.9 Å². The van der Waals surface area contributed by atoms with Crippen LogP contribution in [-0.4, -0.2) is 91.2 Å². The molecular formula is C37H50F3NO12. The van der Waals surface area contributed by atoms with E-state index in [2.05, 4.69) is 13.8 Å². The number of halogens is 3. The summed E-state index contributed by atoms with van der Waals surface area (Å²) in [7, 11) is 0. The standard InChI is InChI=1S/C37H50F3NO12/c1-17(42)47-16-26-29(48-18(2)43)28(41-33(46)37(38,39)40)30(49-19(3)44)32(51-26)50-21-8-11-34(4)20(14-21)6-7-25-24(34)9-12-35(5)23-10-13-36(25,35)53-31-22(23)15-27(45)52-31/h20-26,28-32H,6-16H2,1-5H3,(H,41,46)/t20-,21+,22+,23-,24+,25-,26-,28+,29-,30-,31-,32+,34+,35-,36+/m1/s1. The molecule has 7 rings (SSSR count). The number of esters is 4. The van der Waals surface area contributed by atoms with Gasteiger partial charge < -0.3 is 38.5 Å². The fourth-order valence-electron chi connectivity index (χ4n) is 12.1. The maximum atomic E-state index is 13.6.